The lowest BCUT2D eigenvalue weighted by Gasteiger charge is -2.15. The van der Waals surface area contributed by atoms with Gasteiger partial charge >= 0.3 is 0 Å². The van der Waals surface area contributed by atoms with Crippen molar-refractivity contribution < 1.29 is 9.18 Å². The van der Waals surface area contributed by atoms with Crippen LogP contribution in [-0.2, 0) is 13.1 Å². The highest BCUT2D eigenvalue weighted by atomic mass is 35.5. The molecule has 0 aliphatic carbocycles. The second-order valence-corrected chi connectivity index (χ2v) is 6.25. The molecule has 2 aromatic carbocycles. The Morgan fingerprint density at radius 3 is 2.43 bits per heavy atom. The van der Waals surface area contributed by atoms with E-state index in [1.54, 1.807) is 0 Å². The lowest BCUT2D eigenvalue weighted by Crippen LogP contribution is -2.24. The van der Waals surface area contributed by atoms with Crippen LogP contribution in [0.3, 0.4) is 0 Å². The van der Waals surface area contributed by atoms with Crippen molar-refractivity contribution in [3.05, 3.63) is 69.0 Å². The fourth-order valence-electron chi connectivity index (χ4n) is 2.19. The molecule has 2 rings (SSSR count). The van der Waals surface area contributed by atoms with Gasteiger partial charge in [0.05, 0.1) is 15.6 Å². The molecule has 122 valence electrons. The molecule has 0 heterocycles. The molecule has 1 N–H and O–H groups in total. The van der Waals surface area contributed by atoms with Gasteiger partial charge in [-0.2, -0.15) is 0 Å². The highest BCUT2D eigenvalue weighted by Gasteiger charge is 2.14. The third-order valence-corrected chi connectivity index (χ3v) is 3.90. The Morgan fingerprint density at radius 1 is 1.13 bits per heavy atom. The van der Waals surface area contributed by atoms with E-state index < -0.39 is 11.7 Å². The van der Waals surface area contributed by atoms with Crippen molar-refractivity contribution in [2.24, 2.45) is 0 Å². The zero-order valence-electron chi connectivity index (χ0n) is 12.9. The molecular weight excluding hydrogens is 338 g/mol. The van der Waals surface area contributed by atoms with Crippen LogP contribution in [0.4, 0.5) is 4.39 Å². The second-order valence-electron chi connectivity index (χ2n) is 5.44. The van der Waals surface area contributed by atoms with Crippen LogP contribution < -0.4 is 5.32 Å². The summed E-state index contributed by atoms with van der Waals surface area (Å²) in [5.74, 6) is -1.11. The van der Waals surface area contributed by atoms with E-state index in [2.05, 4.69) is 5.32 Å². The van der Waals surface area contributed by atoms with Gasteiger partial charge in [-0.3, -0.25) is 4.79 Å². The molecule has 1 amide bonds. The van der Waals surface area contributed by atoms with Crippen molar-refractivity contribution in [3.63, 3.8) is 0 Å². The van der Waals surface area contributed by atoms with E-state index in [0.29, 0.717) is 6.54 Å². The summed E-state index contributed by atoms with van der Waals surface area (Å²) in [5.41, 5.74) is 2.19. The summed E-state index contributed by atoms with van der Waals surface area (Å²) in [5, 5.41) is 2.78. The van der Waals surface area contributed by atoms with Crippen molar-refractivity contribution in [1.82, 2.24) is 10.2 Å². The van der Waals surface area contributed by atoms with Gasteiger partial charge in [0.1, 0.15) is 5.82 Å². The molecule has 0 aliphatic rings. The summed E-state index contributed by atoms with van der Waals surface area (Å²) >= 11 is 11.6. The maximum atomic E-state index is 13.5. The zero-order valence-corrected chi connectivity index (χ0v) is 14.4. The number of nitrogens with one attached hydrogen (secondary N) is 1. The highest BCUT2D eigenvalue weighted by Crippen LogP contribution is 2.24. The standard InChI is InChI=1S/C17H17Cl2FN2O/c1-22(2)10-12-6-4-3-5-11(12)9-21-17(23)13-7-16(20)15(19)8-14(13)18/h3-8H,9-10H2,1-2H3,(H,21,23). The lowest BCUT2D eigenvalue weighted by atomic mass is 10.1. The largest absolute Gasteiger partial charge is 0.348 e. The molecule has 0 bridgehead atoms. The van der Waals surface area contributed by atoms with Crippen LogP contribution in [-0.4, -0.2) is 24.9 Å². The minimum Gasteiger partial charge on any atom is -0.348 e. The molecule has 0 aromatic heterocycles. The molecule has 0 aliphatic heterocycles. The molecule has 0 spiro atoms. The molecule has 0 fully saturated rings. The molecule has 3 nitrogen and oxygen atoms in total. The number of halogens is 3. The summed E-state index contributed by atoms with van der Waals surface area (Å²) in [6.07, 6.45) is 0. The van der Waals surface area contributed by atoms with Crippen LogP contribution in [0.1, 0.15) is 21.5 Å². The molecule has 0 saturated carbocycles. The normalized spacial score (nSPS) is 10.9. The number of amides is 1. The van der Waals surface area contributed by atoms with E-state index in [-0.39, 0.29) is 15.6 Å². The highest BCUT2D eigenvalue weighted by molar-refractivity contribution is 6.36. The van der Waals surface area contributed by atoms with E-state index >= 15 is 0 Å². The molecule has 0 unspecified atom stereocenters. The topological polar surface area (TPSA) is 32.3 Å². The molecule has 6 heteroatoms. The monoisotopic (exact) mass is 354 g/mol. The molecule has 23 heavy (non-hydrogen) atoms. The maximum Gasteiger partial charge on any atom is 0.253 e. The lowest BCUT2D eigenvalue weighted by molar-refractivity contribution is 0.0950. The van der Waals surface area contributed by atoms with Crippen molar-refractivity contribution >= 4 is 29.1 Å². The summed E-state index contributed by atoms with van der Waals surface area (Å²) in [6, 6.07) is 10.1. The van der Waals surface area contributed by atoms with Gasteiger partial charge < -0.3 is 10.2 Å². The summed E-state index contributed by atoms with van der Waals surface area (Å²) < 4.78 is 13.5. The van der Waals surface area contributed by atoms with Gasteiger partial charge in [-0.15, -0.1) is 0 Å². The van der Waals surface area contributed by atoms with Gasteiger partial charge in [0.25, 0.3) is 5.91 Å². The first kappa shape index (κ1) is 17.7. The summed E-state index contributed by atoms with van der Waals surface area (Å²) in [4.78, 5) is 14.3. The van der Waals surface area contributed by atoms with E-state index in [9.17, 15) is 9.18 Å². The fourth-order valence-corrected chi connectivity index (χ4v) is 2.66. The average molecular weight is 355 g/mol. The van der Waals surface area contributed by atoms with Gasteiger partial charge in [-0.25, -0.2) is 4.39 Å². The van der Waals surface area contributed by atoms with Crippen LogP contribution in [0.15, 0.2) is 36.4 Å². The third kappa shape index (κ3) is 4.67. The first-order chi connectivity index (χ1) is 10.9. The number of rotatable bonds is 5. The van der Waals surface area contributed by atoms with E-state index in [1.165, 1.54) is 6.07 Å². The minimum atomic E-state index is -0.672. The maximum absolute atomic E-state index is 13.5. The Kier molecular flexibility index (Phi) is 5.99. The first-order valence-electron chi connectivity index (χ1n) is 7.02. The van der Waals surface area contributed by atoms with Gasteiger partial charge in [0, 0.05) is 13.1 Å². The van der Waals surface area contributed by atoms with Gasteiger partial charge in [0.2, 0.25) is 0 Å². The van der Waals surface area contributed by atoms with Crippen molar-refractivity contribution in [1.29, 1.82) is 0 Å². The quantitative estimate of drug-likeness (QED) is 0.819. The van der Waals surface area contributed by atoms with Gasteiger partial charge in [-0.05, 0) is 37.4 Å². The molecule has 0 saturated heterocycles. The van der Waals surface area contributed by atoms with Crippen molar-refractivity contribution in [2.75, 3.05) is 14.1 Å². The van der Waals surface area contributed by atoms with Crippen LogP contribution >= 0.6 is 23.2 Å². The van der Waals surface area contributed by atoms with Gasteiger partial charge in [-0.1, -0.05) is 47.5 Å². The van der Waals surface area contributed by atoms with Crippen LogP contribution in [0.25, 0.3) is 0 Å². The second kappa shape index (κ2) is 7.77. The predicted molar refractivity (Wildman–Crippen MR) is 91.4 cm³/mol. The number of hydrogen-bond acceptors (Lipinski definition) is 2. The summed E-state index contributed by atoms with van der Waals surface area (Å²) in [6.45, 7) is 1.10. The SMILES string of the molecule is CN(C)Cc1ccccc1CNC(=O)c1cc(F)c(Cl)cc1Cl. The van der Waals surface area contributed by atoms with E-state index in [1.807, 2.05) is 43.3 Å². The number of nitrogens with zero attached hydrogens (tertiary/aromatic N) is 1. The van der Waals surface area contributed by atoms with Crippen LogP contribution in [0, 0.1) is 5.82 Å². The smallest absolute Gasteiger partial charge is 0.253 e. The summed E-state index contributed by atoms with van der Waals surface area (Å²) in [7, 11) is 3.96. The minimum absolute atomic E-state index is 0.0682. The number of carbonyl (C=O) groups excluding carboxylic acids is 1. The Balaban J connectivity index is 2.12. The van der Waals surface area contributed by atoms with Crippen molar-refractivity contribution in [3.8, 4) is 0 Å². The van der Waals surface area contributed by atoms with Gasteiger partial charge in [0.15, 0.2) is 0 Å². The van der Waals surface area contributed by atoms with Crippen molar-refractivity contribution in [2.45, 2.75) is 13.1 Å². The zero-order chi connectivity index (χ0) is 17.0. The number of hydrogen-bond donors (Lipinski definition) is 1. The third-order valence-electron chi connectivity index (χ3n) is 3.30. The molecule has 0 radical (unpaired) electrons. The fraction of sp³-hybridized carbons (Fsp3) is 0.235. The molecule has 2 aromatic rings. The molecular formula is C17H17Cl2FN2O. The number of carbonyl (C=O) groups is 1. The molecule has 0 atom stereocenters. The Morgan fingerprint density at radius 2 is 1.78 bits per heavy atom. The average Bonchev–Trinajstić information content (AvgIpc) is 2.49. The number of benzene rings is 2. The first-order valence-corrected chi connectivity index (χ1v) is 7.78. The van der Waals surface area contributed by atoms with E-state index in [0.717, 1.165) is 23.7 Å². The Hall–Kier alpha value is -1.62. The Labute approximate surface area is 145 Å². The van der Waals surface area contributed by atoms with Crippen LogP contribution in [0.5, 0.6) is 0 Å². The van der Waals surface area contributed by atoms with Crippen LogP contribution in [0.2, 0.25) is 10.0 Å². The predicted octanol–water partition coefficient (Wildman–Crippen LogP) is 4.12. The van der Waals surface area contributed by atoms with E-state index in [4.69, 9.17) is 23.2 Å². The Bertz CT molecular complexity index is 720.